The standard InChI is InChI=1S/C18H19N5O4S/c1-12-5-3-6-13(9-12)23-17(19)21-18(22-23)20-15-7-4-8-16(14(15)10-24)27-11-28(2,25)26/h3-9,15H,11H2,1-2H3,(H3,19,20,21,22). The molecule has 3 rings (SSSR count). The summed E-state index contributed by atoms with van der Waals surface area (Å²) in [6, 6.07) is 6.94. The Morgan fingerprint density at radius 2 is 2.18 bits per heavy atom. The minimum Gasteiger partial charge on any atom is -0.477 e. The highest BCUT2D eigenvalue weighted by atomic mass is 32.2. The highest BCUT2D eigenvalue weighted by molar-refractivity contribution is 7.90. The number of rotatable bonds is 6. The zero-order valence-electron chi connectivity index (χ0n) is 15.3. The summed E-state index contributed by atoms with van der Waals surface area (Å²) < 4.78 is 29.3. The lowest BCUT2D eigenvalue weighted by Gasteiger charge is -2.20. The Balaban J connectivity index is 1.80. The van der Waals surface area contributed by atoms with Crippen molar-refractivity contribution in [3.05, 3.63) is 59.4 Å². The van der Waals surface area contributed by atoms with Crippen LogP contribution < -0.4 is 11.1 Å². The normalized spacial score (nSPS) is 16.4. The Kier molecular flexibility index (Phi) is 5.34. The lowest BCUT2D eigenvalue weighted by molar-refractivity contribution is 0.270. The fraction of sp³-hybridized carbons (Fsp3) is 0.222. The average molecular weight is 401 g/mol. The van der Waals surface area contributed by atoms with Crippen LogP contribution in [-0.4, -0.2) is 47.4 Å². The van der Waals surface area contributed by atoms with Crippen LogP contribution in [0.4, 0.5) is 11.9 Å². The number of nitrogen functional groups attached to an aromatic ring is 1. The third kappa shape index (κ3) is 4.48. The highest BCUT2D eigenvalue weighted by Crippen LogP contribution is 2.23. The number of hydrogen-bond donors (Lipinski definition) is 2. The van der Waals surface area contributed by atoms with Crippen LogP contribution in [0.5, 0.6) is 0 Å². The maximum atomic E-state index is 11.4. The Hall–Kier alpha value is -3.36. The molecule has 1 unspecified atom stereocenters. The van der Waals surface area contributed by atoms with Gasteiger partial charge in [0.25, 0.3) is 0 Å². The zero-order valence-corrected chi connectivity index (χ0v) is 16.1. The molecule has 3 N–H and O–H groups in total. The van der Waals surface area contributed by atoms with Crippen LogP contribution in [-0.2, 0) is 19.4 Å². The molecule has 28 heavy (non-hydrogen) atoms. The molecule has 1 aromatic carbocycles. The van der Waals surface area contributed by atoms with Crippen LogP contribution in [0, 0.1) is 6.92 Å². The summed E-state index contributed by atoms with van der Waals surface area (Å²) in [5, 5.41) is 7.31. The maximum Gasteiger partial charge on any atom is 0.245 e. The molecule has 0 radical (unpaired) electrons. The first-order chi connectivity index (χ1) is 13.3. The van der Waals surface area contributed by atoms with Gasteiger partial charge in [0.1, 0.15) is 17.3 Å². The van der Waals surface area contributed by atoms with Crippen LogP contribution in [0.1, 0.15) is 5.56 Å². The van der Waals surface area contributed by atoms with E-state index in [9.17, 15) is 13.2 Å². The van der Waals surface area contributed by atoms with Gasteiger partial charge >= 0.3 is 0 Å². The number of aryl methyl sites for hydroxylation is 1. The lowest BCUT2D eigenvalue weighted by Crippen LogP contribution is -2.25. The first-order valence-corrected chi connectivity index (χ1v) is 10.3. The molecule has 1 aliphatic carbocycles. The van der Waals surface area contributed by atoms with Gasteiger partial charge in [0.2, 0.25) is 11.9 Å². The predicted molar refractivity (Wildman–Crippen MR) is 105 cm³/mol. The molecule has 0 bridgehead atoms. The number of hydrogen-bond acceptors (Lipinski definition) is 8. The summed E-state index contributed by atoms with van der Waals surface area (Å²) in [6.07, 6.45) is 5.85. The minimum absolute atomic E-state index is 0.108. The number of aromatic nitrogens is 3. The van der Waals surface area contributed by atoms with E-state index in [1.807, 2.05) is 31.2 Å². The van der Waals surface area contributed by atoms with Crippen molar-refractivity contribution in [1.29, 1.82) is 0 Å². The van der Waals surface area contributed by atoms with E-state index in [-0.39, 0.29) is 23.2 Å². The van der Waals surface area contributed by atoms with E-state index in [0.29, 0.717) is 0 Å². The Bertz CT molecular complexity index is 1110. The molecule has 0 aliphatic heterocycles. The van der Waals surface area contributed by atoms with E-state index in [1.165, 1.54) is 10.8 Å². The van der Waals surface area contributed by atoms with Crippen molar-refractivity contribution in [2.24, 2.45) is 0 Å². The monoisotopic (exact) mass is 401 g/mol. The van der Waals surface area contributed by atoms with Crippen LogP contribution in [0.25, 0.3) is 5.69 Å². The number of nitrogens with two attached hydrogens (primary N) is 1. The van der Waals surface area contributed by atoms with E-state index >= 15 is 0 Å². The van der Waals surface area contributed by atoms with Gasteiger partial charge in [-0.25, -0.2) is 13.2 Å². The quantitative estimate of drug-likeness (QED) is 0.690. The summed E-state index contributed by atoms with van der Waals surface area (Å²) in [6.45, 7) is 1.95. The number of sulfone groups is 1. The van der Waals surface area contributed by atoms with Gasteiger partial charge in [-0.05, 0) is 30.7 Å². The molecule has 2 aromatic rings. The highest BCUT2D eigenvalue weighted by Gasteiger charge is 2.23. The molecule has 10 heteroatoms. The second-order valence-electron chi connectivity index (χ2n) is 6.29. The van der Waals surface area contributed by atoms with Crippen molar-refractivity contribution in [1.82, 2.24) is 14.8 Å². The van der Waals surface area contributed by atoms with Crippen molar-refractivity contribution >= 4 is 27.7 Å². The number of nitrogens with one attached hydrogen (secondary N) is 1. The fourth-order valence-corrected chi connectivity index (χ4v) is 2.94. The molecule has 9 nitrogen and oxygen atoms in total. The average Bonchev–Trinajstić information content (AvgIpc) is 2.99. The summed E-state index contributed by atoms with van der Waals surface area (Å²) in [5.41, 5.74) is 7.86. The van der Waals surface area contributed by atoms with Gasteiger partial charge in [0, 0.05) is 6.26 Å². The SMILES string of the molecule is Cc1cccc(-n2nc(NC3C=CC=C(OCS(C)(=O)=O)C3=C=O)nc2N)c1. The molecular formula is C18H19N5O4S. The maximum absolute atomic E-state index is 11.4. The van der Waals surface area contributed by atoms with E-state index in [2.05, 4.69) is 15.4 Å². The smallest absolute Gasteiger partial charge is 0.245 e. The summed E-state index contributed by atoms with van der Waals surface area (Å²) in [7, 11) is -3.36. The number of nitrogens with zero attached hydrogens (tertiary/aromatic N) is 3. The number of ether oxygens (including phenoxy) is 1. The van der Waals surface area contributed by atoms with Gasteiger partial charge in [0.15, 0.2) is 15.8 Å². The number of allylic oxidation sites excluding steroid dienone is 2. The van der Waals surface area contributed by atoms with Gasteiger partial charge in [-0.1, -0.05) is 24.3 Å². The van der Waals surface area contributed by atoms with Gasteiger partial charge < -0.3 is 15.8 Å². The van der Waals surface area contributed by atoms with E-state index in [4.69, 9.17) is 10.5 Å². The third-order valence-corrected chi connectivity index (χ3v) is 4.38. The minimum atomic E-state index is -3.36. The molecule has 0 fully saturated rings. The third-order valence-electron chi connectivity index (χ3n) is 3.83. The molecule has 0 amide bonds. The Morgan fingerprint density at radius 1 is 1.39 bits per heavy atom. The van der Waals surface area contributed by atoms with Crippen LogP contribution >= 0.6 is 0 Å². The van der Waals surface area contributed by atoms with Crippen LogP contribution in [0.2, 0.25) is 0 Å². The van der Waals surface area contributed by atoms with Crippen molar-refractivity contribution in [2.45, 2.75) is 13.0 Å². The first-order valence-electron chi connectivity index (χ1n) is 8.27. The van der Waals surface area contributed by atoms with E-state index in [1.54, 1.807) is 18.1 Å². The largest absolute Gasteiger partial charge is 0.477 e. The second-order valence-corrected chi connectivity index (χ2v) is 8.37. The van der Waals surface area contributed by atoms with Crippen LogP contribution in [0.15, 0.2) is 53.8 Å². The Morgan fingerprint density at radius 3 is 2.86 bits per heavy atom. The van der Waals surface area contributed by atoms with Gasteiger partial charge in [-0.15, -0.1) is 5.10 Å². The van der Waals surface area contributed by atoms with Crippen LogP contribution in [0.3, 0.4) is 0 Å². The van der Waals surface area contributed by atoms with E-state index < -0.39 is 21.8 Å². The molecule has 0 saturated heterocycles. The molecule has 0 spiro atoms. The van der Waals surface area contributed by atoms with Gasteiger partial charge in [-0.2, -0.15) is 9.67 Å². The number of carbonyl (C=O) groups excluding carboxylic acids is 1. The molecule has 1 aromatic heterocycles. The predicted octanol–water partition coefficient (Wildman–Crippen LogP) is 1.17. The summed E-state index contributed by atoms with van der Waals surface area (Å²) in [4.78, 5) is 15.6. The molecule has 0 saturated carbocycles. The molecule has 1 atom stereocenters. The Labute approximate surface area is 162 Å². The molecule has 1 aliphatic rings. The lowest BCUT2D eigenvalue weighted by atomic mass is 10.0. The zero-order chi connectivity index (χ0) is 20.3. The molecular weight excluding hydrogens is 382 g/mol. The summed E-state index contributed by atoms with van der Waals surface area (Å²) >= 11 is 0. The number of benzene rings is 1. The molecule has 146 valence electrons. The summed E-state index contributed by atoms with van der Waals surface area (Å²) in [5.74, 6) is 1.74. The van der Waals surface area contributed by atoms with E-state index in [0.717, 1.165) is 17.5 Å². The number of anilines is 2. The van der Waals surface area contributed by atoms with Crippen molar-refractivity contribution < 1.29 is 17.9 Å². The van der Waals surface area contributed by atoms with Crippen molar-refractivity contribution in [2.75, 3.05) is 23.2 Å². The van der Waals surface area contributed by atoms with Gasteiger partial charge in [-0.3, -0.25) is 0 Å². The topological polar surface area (TPSA) is 129 Å². The fourth-order valence-electron chi connectivity index (χ4n) is 2.60. The van der Waals surface area contributed by atoms with Crippen molar-refractivity contribution in [3.63, 3.8) is 0 Å². The first kappa shape index (κ1) is 19.4. The van der Waals surface area contributed by atoms with Crippen molar-refractivity contribution in [3.8, 4) is 5.69 Å². The van der Waals surface area contributed by atoms with Gasteiger partial charge in [0.05, 0.1) is 11.7 Å². The molecule has 1 heterocycles. The second kappa shape index (κ2) is 7.71.